The molecular formula is C24H18ClNO4S. The van der Waals surface area contributed by atoms with Gasteiger partial charge in [-0.25, -0.2) is 4.90 Å². The molecule has 0 spiro atoms. The largest absolute Gasteiger partial charge is 0.493 e. The highest BCUT2D eigenvalue weighted by Gasteiger charge is 2.40. The Hall–Kier alpha value is -3.22. The molecule has 156 valence electrons. The predicted octanol–water partition coefficient (Wildman–Crippen LogP) is 5.43. The van der Waals surface area contributed by atoms with Crippen molar-refractivity contribution < 1.29 is 19.1 Å². The molecule has 1 heterocycles. The quantitative estimate of drug-likeness (QED) is 0.467. The van der Waals surface area contributed by atoms with Gasteiger partial charge in [0.05, 0.1) is 30.4 Å². The molecule has 0 atom stereocenters. The number of benzene rings is 3. The number of nitrogens with zero attached hydrogens (tertiary/aromatic N) is 1. The summed E-state index contributed by atoms with van der Waals surface area (Å²) in [5, 5.41) is 0.551. The summed E-state index contributed by atoms with van der Waals surface area (Å²) in [5.74, 6) is 0.141. The Balaban J connectivity index is 1.81. The number of hydrogen-bond donors (Lipinski definition) is 0. The van der Waals surface area contributed by atoms with E-state index < -0.39 is 11.8 Å². The maximum atomic E-state index is 13.5. The molecule has 2 amide bonds. The Labute approximate surface area is 189 Å². The van der Waals surface area contributed by atoms with Gasteiger partial charge in [-0.05, 0) is 42.0 Å². The minimum absolute atomic E-state index is 0.338. The van der Waals surface area contributed by atoms with E-state index in [-0.39, 0.29) is 0 Å². The summed E-state index contributed by atoms with van der Waals surface area (Å²) < 4.78 is 10.6. The van der Waals surface area contributed by atoms with E-state index >= 15 is 0 Å². The number of carbonyl (C=O) groups is 2. The van der Waals surface area contributed by atoms with Gasteiger partial charge in [-0.1, -0.05) is 53.7 Å². The van der Waals surface area contributed by atoms with Crippen LogP contribution in [0.1, 0.15) is 5.56 Å². The molecule has 0 aliphatic carbocycles. The topological polar surface area (TPSA) is 55.8 Å². The number of halogens is 1. The van der Waals surface area contributed by atoms with Crippen molar-refractivity contribution >= 4 is 46.4 Å². The van der Waals surface area contributed by atoms with Crippen molar-refractivity contribution in [2.45, 2.75) is 4.90 Å². The van der Waals surface area contributed by atoms with E-state index in [9.17, 15) is 9.59 Å². The maximum absolute atomic E-state index is 13.5. The van der Waals surface area contributed by atoms with Crippen LogP contribution in [0.25, 0.3) is 5.57 Å². The lowest BCUT2D eigenvalue weighted by Crippen LogP contribution is -2.31. The average molecular weight is 452 g/mol. The number of carbonyl (C=O) groups excluding carboxylic acids is 2. The maximum Gasteiger partial charge on any atom is 0.272 e. The molecule has 5 nitrogen and oxygen atoms in total. The van der Waals surface area contributed by atoms with Gasteiger partial charge in [0, 0.05) is 16.0 Å². The summed E-state index contributed by atoms with van der Waals surface area (Å²) in [4.78, 5) is 29.3. The monoisotopic (exact) mass is 451 g/mol. The van der Waals surface area contributed by atoms with E-state index in [0.717, 1.165) is 9.80 Å². The van der Waals surface area contributed by atoms with Crippen LogP contribution in [0, 0.1) is 0 Å². The first-order valence-electron chi connectivity index (χ1n) is 9.37. The van der Waals surface area contributed by atoms with Crippen LogP contribution in [0.5, 0.6) is 11.5 Å². The second-order valence-corrected chi connectivity index (χ2v) is 8.13. The molecule has 3 aromatic rings. The van der Waals surface area contributed by atoms with Gasteiger partial charge >= 0.3 is 0 Å². The molecule has 31 heavy (non-hydrogen) atoms. The highest BCUT2D eigenvalue weighted by Crippen LogP contribution is 2.43. The van der Waals surface area contributed by atoms with Crippen molar-refractivity contribution in [1.82, 2.24) is 0 Å². The minimum Gasteiger partial charge on any atom is -0.493 e. The van der Waals surface area contributed by atoms with E-state index in [1.165, 1.54) is 26.0 Å². The number of anilines is 1. The zero-order valence-corrected chi connectivity index (χ0v) is 18.4. The highest BCUT2D eigenvalue weighted by molar-refractivity contribution is 8.04. The number of thioether (sulfide) groups is 1. The molecule has 1 aliphatic rings. The Morgan fingerprint density at radius 3 is 2.13 bits per heavy atom. The van der Waals surface area contributed by atoms with Gasteiger partial charge in [0.1, 0.15) is 0 Å². The SMILES string of the molecule is COc1ccc(N2C(=O)C(Sc3ccccc3)=C(c3ccc(Cl)cc3)C2=O)cc1OC. The lowest BCUT2D eigenvalue weighted by atomic mass is 10.1. The van der Waals surface area contributed by atoms with E-state index in [0.29, 0.717) is 38.3 Å². The van der Waals surface area contributed by atoms with Crippen LogP contribution in [0.4, 0.5) is 5.69 Å². The van der Waals surface area contributed by atoms with Gasteiger partial charge in [0.25, 0.3) is 11.8 Å². The van der Waals surface area contributed by atoms with Crippen molar-refractivity contribution in [1.29, 1.82) is 0 Å². The summed E-state index contributed by atoms with van der Waals surface area (Å²) in [5.41, 5.74) is 1.37. The lowest BCUT2D eigenvalue weighted by Gasteiger charge is -2.17. The van der Waals surface area contributed by atoms with Crippen LogP contribution in [0.15, 0.2) is 82.6 Å². The van der Waals surface area contributed by atoms with Crippen molar-refractivity contribution in [3.8, 4) is 11.5 Å². The molecule has 0 fully saturated rings. The summed E-state index contributed by atoms with van der Waals surface area (Å²) >= 11 is 7.29. The van der Waals surface area contributed by atoms with Crippen LogP contribution in [-0.2, 0) is 9.59 Å². The second kappa shape index (κ2) is 8.88. The molecule has 0 bridgehead atoms. The zero-order chi connectivity index (χ0) is 22.0. The summed E-state index contributed by atoms with van der Waals surface area (Å²) in [6.45, 7) is 0. The normalized spacial score (nSPS) is 13.7. The third-order valence-electron chi connectivity index (χ3n) is 4.76. The van der Waals surface area contributed by atoms with Crippen LogP contribution >= 0.6 is 23.4 Å². The van der Waals surface area contributed by atoms with E-state index in [4.69, 9.17) is 21.1 Å². The number of rotatable bonds is 6. The number of methoxy groups -OCH3 is 2. The lowest BCUT2D eigenvalue weighted by molar-refractivity contribution is -0.119. The fourth-order valence-electron chi connectivity index (χ4n) is 3.28. The molecular weight excluding hydrogens is 434 g/mol. The third-order valence-corrected chi connectivity index (χ3v) is 6.11. The minimum atomic E-state index is -0.405. The first kappa shape index (κ1) is 21.0. The van der Waals surface area contributed by atoms with E-state index in [1.54, 1.807) is 42.5 Å². The molecule has 0 aromatic heterocycles. The molecule has 0 radical (unpaired) electrons. The van der Waals surface area contributed by atoms with E-state index in [2.05, 4.69) is 0 Å². The van der Waals surface area contributed by atoms with Gasteiger partial charge in [-0.2, -0.15) is 0 Å². The molecule has 3 aromatic carbocycles. The number of imide groups is 1. The zero-order valence-electron chi connectivity index (χ0n) is 16.8. The number of amides is 2. The number of hydrogen-bond acceptors (Lipinski definition) is 5. The van der Waals surface area contributed by atoms with Crippen molar-refractivity contribution in [2.24, 2.45) is 0 Å². The van der Waals surface area contributed by atoms with Gasteiger partial charge in [-0.3, -0.25) is 9.59 Å². The molecule has 0 saturated carbocycles. The average Bonchev–Trinajstić information content (AvgIpc) is 3.04. The first-order valence-corrected chi connectivity index (χ1v) is 10.6. The third kappa shape index (κ3) is 4.04. The van der Waals surface area contributed by atoms with Crippen molar-refractivity contribution in [3.63, 3.8) is 0 Å². The van der Waals surface area contributed by atoms with E-state index in [1.807, 2.05) is 30.3 Å². The van der Waals surface area contributed by atoms with Gasteiger partial charge < -0.3 is 9.47 Å². The Kier molecular flexibility index (Phi) is 6.02. The smallest absolute Gasteiger partial charge is 0.272 e. The van der Waals surface area contributed by atoms with Gasteiger partial charge in [0.2, 0.25) is 0 Å². The first-order chi connectivity index (χ1) is 15.0. The molecule has 4 rings (SSSR count). The van der Waals surface area contributed by atoms with Crippen molar-refractivity contribution in [3.05, 3.63) is 88.3 Å². The summed E-state index contributed by atoms with van der Waals surface area (Å²) in [6, 6.07) is 21.3. The Morgan fingerprint density at radius 2 is 1.48 bits per heavy atom. The highest BCUT2D eigenvalue weighted by atomic mass is 35.5. The fraction of sp³-hybridized carbons (Fsp3) is 0.0833. The standard InChI is InChI=1S/C24H18ClNO4S/c1-29-19-13-12-17(14-20(19)30-2)26-23(27)21(15-8-10-16(25)11-9-15)22(24(26)28)31-18-6-4-3-5-7-18/h3-14H,1-2H3. The number of ether oxygens (including phenoxy) is 2. The fourth-order valence-corrected chi connectivity index (χ4v) is 4.42. The van der Waals surface area contributed by atoms with Gasteiger partial charge in [-0.15, -0.1) is 0 Å². The molecule has 0 N–H and O–H groups in total. The molecule has 7 heteroatoms. The summed E-state index contributed by atoms with van der Waals surface area (Å²) in [7, 11) is 3.03. The molecule has 0 saturated heterocycles. The van der Waals surface area contributed by atoms with Crippen LogP contribution in [-0.4, -0.2) is 26.0 Å². The Bertz CT molecular complexity index is 1180. The Morgan fingerprint density at radius 1 is 0.806 bits per heavy atom. The van der Waals surface area contributed by atoms with Gasteiger partial charge in [0.15, 0.2) is 11.5 Å². The second-order valence-electron chi connectivity index (χ2n) is 6.61. The summed E-state index contributed by atoms with van der Waals surface area (Å²) in [6.07, 6.45) is 0. The van der Waals surface area contributed by atoms with Crippen LogP contribution in [0.3, 0.4) is 0 Å². The molecule has 0 unspecified atom stereocenters. The van der Waals surface area contributed by atoms with Crippen molar-refractivity contribution in [2.75, 3.05) is 19.1 Å². The molecule has 1 aliphatic heterocycles. The van der Waals surface area contributed by atoms with Crippen LogP contribution < -0.4 is 14.4 Å². The van der Waals surface area contributed by atoms with Crippen LogP contribution in [0.2, 0.25) is 5.02 Å². The predicted molar refractivity (Wildman–Crippen MR) is 123 cm³/mol.